The van der Waals surface area contributed by atoms with Crippen LogP contribution in [0.2, 0.25) is 0 Å². The van der Waals surface area contributed by atoms with Gasteiger partial charge in [-0.3, -0.25) is 4.79 Å². The molecule has 1 aliphatic heterocycles. The van der Waals surface area contributed by atoms with Crippen molar-refractivity contribution >= 4 is 22.2 Å². The number of hydrogen-bond acceptors (Lipinski definition) is 4. The second-order valence-corrected chi connectivity index (χ2v) is 10.8. The molecule has 0 unspecified atom stereocenters. The molecule has 3 rings (SSSR count). The van der Waals surface area contributed by atoms with Crippen LogP contribution in [-0.2, 0) is 22.0 Å². The Hall–Kier alpha value is -1.88. The maximum atomic E-state index is 12.1. The lowest BCUT2D eigenvalue weighted by Gasteiger charge is -2.28. The molecule has 152 valence electrons. The summed E-state index contributed by atoms with van der Waals surface area (Å²) in [5, 5.41) is 12.9. The molecule has 28 heavy (non-hydrogen) atoms. The minimum atomic E-state index is -0.181. The monoisotopic (exact) mass is 400 g/mol. The van der Waals surface area contributed by atoms with Crippen LogP contribution in [-0.4, -0.2) is 22.5 Å². The molecular weight excluding hydrogens is 368 g/mol. The molecule has 1 N–H and O–H groups in total. The largest absolute Gasteiger partial charge is 0.507 e. The number of phenolic OH excluding ortho intramolecular Hbond substituents is 1. The van der Waals surface area contributed by atoms with Crippen LogP contribution in [0.5, 0.6) is 5.75 Å². The fourth-order valence-electron chi connectivity index (χ4n) is 3.71. The molecule has 2 heterocycles. The van der Waals surface area contributed by atoms with Gasteiger partial charge in [0.25, 0.3) is 0 Å². The van der Waals surface area contributed by atoms with E-state index in [1.807, 2.05) is 4.90 Å². The third-order valence-electron chi connectivity index (χ3n) is 5.32. The normalized spacial score (nSPS) is 15.3. The number of hydrogen-bond donors (Lipinski definition) is 1. The average Bonchev–Trinajstić information content (AvgIpc) is 2.86. The zero-order valence-corrected chi connectivity index (χ0v) is 19.0. The van der Waals surface area contributed by atoms with Gasteiger partial charge in [-0.2, -0.15) is 0 Å². The number of carbonyl (C=O) groups is 1. The van der Waals surface area contributed by atoms with Gasteiger partial charge in [-0.1, -0.05) is 52.9 Å². The summed E-state index contributed by atoms with van der Waals surface area (Å²) in [4.78, 5) is 19.0. The molecule has 0 bridgehead atoms. The van der Waals surface area contributed by atoms with Crippen molar-refractivity contribution < 1.29 is 9.90 Å². The SMILES string of the molecule is CC(=O)N1CCCCc2nc(-c3cc(C(C)(C)C)c(O)c(C(C)(C)C)c3)sc21. The smallest absolute Gasteiger partial charge is 0.224 e. The summed E-state index contributed by atoms with van der Waals surface area (Å²) in [7, 11) is 0. The Bertz CT molecular complexity index is 865. The van der Waals surface area contributed by atoms with E-state index >= 15 is 0 Å². The minimum absolute atomic E-state index is 0.0785. The van der Waals surface area contributed by atoms with Crippen molar-refractivity contribution in [1.82, 2.24) is 4.98 Å². The Morgan fingerprint density at radius 3 is 2.14 bits per heavy atom. The van der Waals surface area contributed by atoms with Gasteiger partial charge in [-0.25, -0.2) is 4.98 Å². The number of amides is 1. The highest BCUT2D eigenvalue weighted by Crippen LogP contribution is 2.44. The van der Waals surface area contributed by atoms with E-state index < -0.39 is 0 Å². The van der Waals surface area contributed by atoms with Gasteiger partial charge < -0.3 is 10.0 Å². The van der Waals surface area contributed by atoms with E-state index in [0.29, 0.717) is 5.75 Å². The predicted molar refractivity (Wildman–Crippen MR) is 118 cm³/mol. The summed E-state index contributed by atoms with van der Waals surface area (Å²) in [6.45, 7) is 15.1. The lowest BCUT2D eigenvalue weighted by molar-refractivity contribution is -0.116. The molecule has 0 spiro atoms. The van der Waals surface area contributed by atoms with Crippen molar-refractivity contribution in [1.29, 1.82) is 0 Å². The number of carbonyl (C=O) groups excluding carboxylic acids is 1. The first-order chi connectivity index (χ1) is 12.9. The molecule has 1 aromatic heterocycles. The van der Waals surface area contributed by atoms with Crippen molar-refractivity contribution in [3.63, 3.8) is 0 Å². The molecule has 0 atom stereocenters. The summed E-state index contributed by atoms with van der Waals surface area (Å²) in [6.07, 6.45) is 2.97. The Balaban J connectivity index is 2.20. The number of phenols is 1. The first-order valence-corrected chi connectivity index (χ1v) is 10.9. The van der Waals surface area contributed by atoms with Gasteiger partial charge in [0.15, 0.2) is 0 Å². The Kier molecular flexibility index (Phi) is 5.34. The van der Waals surface area contributed by atoms with Crippen molar-refractivity contribution in [3.05, 3.63) is 29.0 Å². The van der Waals surface area contributed by atoms with Gasteiger partial charge >= 0.3 is 0 Å². The van der Waals surface area contributed by atoms with Crippen molar-refractivity contribution in [2.24, 2.45) is 0 Å². The number of thiazole rings is 1. The highest BCUT2D eigenvalue weighted by molar-refractivity contribution is 7.19. The van der Waals surface area contributed by atoms with Crippen LogP contribution in [0.1, 0.15) is 78.1 Å². The highest BCUT2D eigenvalue weighted by atomic mass is 32.1. The maximum Gasteiger partial charge on any atom is 0.224 e. The third-order valence-corrected chi connectivity index (χ3v) is 6.49. The summed E-state index contributed by atoms with van der Waals surface area (Å²) in [6, 6.07) is 4.14. The molecule has 1 amide bonds. The van der Waals surface area contributed by atoms with Gasteiger partial charge in [0.2, 0.25) is 5.91 Å². The van der Waals surface area contributed by atoms with Crippen LogP contribution in [0.25, 0.3) is 10.6 Å². The fourth-order valence-corrected chi connectivity index (χ4v) is 4.88. The first-order valence-electron chi connectivity index (χ1n) is 10.1. The Morgan fingerprint density at radius 2 is 1.64 bits per heavy atom. The lowest BCUT2D eigenvalue weighted by Crippen LogP contribution is -2.28. The number of anilines is 1. The van der Waals surface area contributed by atoms with Crippen LogP contribution in [0.4, 0.5) is 5.00 Å². The number of aromatic hydroxyl groups is 1. The minimum Gasteiger partial charge on any atom is -0.507 e. The summed E-state index contributed by atoms with van der Waals surface area (Å²) < 4.78 is 0. The molecule has 0 saturated heterocycles. The quantitative estimate of drug-likeness (QED) is 0.658. The molecule has 5 heteroatoms. The molecule has 0 radical (unpaired) electrons. The zero-order chi connectivity index (χ0) is 20.9. The van der Waals surface area contributed by atoms with E-state index in [4.69, 9.17) is 4.98 Å². The van der Waals surface area contributed by atoms with Crippen LogP contribution < -0.4 is 4.90 Å². The highest BCUT2D eigenvalue weighted by Gasteiger charge is 2.29. The molecule has 0 aliphatic carbocycles. The predicted octanol–water partition coefficient (Wildman–Crippen LogP) is 5.80. The fraction of sp³-hybridized carbons (Fsp3) is 0.565. The molecule has 0 fully saturated rings. The van der Waals surface area contributed by atoms with Crippen LogP contribution in [0.15, 0.2) is 12.1 Å². The topological polar surface area (TPSA) is 53.4 Å². The number of fused-ring (bicyclic) bond motifs is 1. The zero-order valence-electron chi connectivity index (χ0n) is 18.1. The summed E-state index contributed by atoms with van der Waals surface area (Å²) in [5.74, 6) is 0.460. The van der Waals surface area contributed by atoms with E-state index in [-0.39, 0.29) is 16.7 Å². The van der Waals surface area contributed by atoms with Gasteiger partial charge in [0, 0.05) is 30.2 Å². The second-order valence-electron chi connectivity index (χ2n) is 9.82. The number of benzene rings is 1. The molecule has 0 saturated carbocycles. The second kappa shape index (κ2) is 7.18. The lowest BCUT2D eigenvalue weighted by atomic mass is 9.78. The molecule has 4 nitrogen and oxygen atoms in total. The van der Waals surface area contributed by atoms with Gasteiger partial charge in [0.1, 0.15) is 15.8 Å². The number of aromatic nitrogens is 1. The van der Waals surface area contributed by atoms with Crippen LogP contribution in [0.3, 0.4) is 0 Å². The van der Waals surface area contributed by atoms with Crippen LogP contribution in [0, 0.1) is 0 Å². The van der Waals surface area contributed by atoms with Gasteiger partial charge in [-0.15, -0.1) is 0 Å². The molecule has 1 aliphatic rings. The summed E-state index contributed by atoms with van der Waals surface area (Å²) in [5.41, 5.74) is 3.55. The van der Waals surface area contributed by atoms with E-state index in [1.54, 1.807) is 18.3 Å². The third kappa shape index (κ3) is 3.95. The number of nitrogens with zero attached hydrogens (tertiary/aromatic N) is 2. The van der Waals surface area contributed by atoms with Crippen LogP contribution >= 0.6 is 11.3 Å². The summed E-state index contributed by atoms with van der Waals surface area (Å²) >= 11 is 1.60. The van der Waals surface area contributed by atoms with E-state index in [2.05, 4.69) is 53.7 Å². The van der Waals surface area contributed by atoms with E-state index in [9.17, 15) is 9.90 Å². The molecule has 1 aromatic carbocycles. The van der Waals surface area contributed by atoms with Crippen molar-refractivity contribution in [2.75, 3.05) is 11.4 Å². The first kappa shape index (κ1) is 20.8. The average molecular weight is 401 g/mol. The van der Waals surface area contributed by atoms with Gasteiger partial charge in [0.05, 0.1) is 5.69 Å². The van der Waals surface area contributed by atoms with Gasteiger partial charge in [-0.05, 0) is 42.2 Å². The van der Waals surface area contributed by atoms with E-state index in [0.717, 1.165) is 58.2 Å². The Labute approximate surface area is 172 Å². The number of rotatable bonds is 1. The molecule has 2 aromatic rings. The van der Waals surface area contributed by atoms with Crippen molar-refractivity contribution in [3.8, 4) is 16.3 Å². The van der Waals surface area contributed by atoms with E-state index in [1.165, 1.54) is 0 Å². The van der Waals surface area contributed by atoms with Crippen molar-refractivity contribution in [2.45, 2.75) is 78.6 Å². The maximum absolute atomic E-state index is 12.1. The molecular formula is C23H32N2O2S. The Morgan fingerprint density at radius 1 is 1.07 bits per heavy atom. The standard InChI is InChI=1S/C23H32N2O2S/c1-14(26)25-11-9-8-10-18-21(25)28-20(24-18)15-12-16(22(2,3)4)19(27)17(13-15)23(5,6)7/h12-13,27H,8-11H2,1-7H3. The number of aryl methyl sites for hydroxylation is 1.